The number of nitrogens with zero attached hydrogens (tertiary/aromatic N) is 2. The van der Waals surface area contributed by atoms with E-state index >= 15 is 0 Å². The normalized spacial score (nSPS) is 20.6. The van der Waals surface area contributed by atoms with Crippen LogP contribution in [0.4, 0.5) is 11.4 Å². The van der Waals surface area contributed by atoms with E-state index in [1.807, 2.05) is 28.8 Å². The Morgan fingerprint density at radius 2 is 1.90 bits per heavy atom. The summed E-state index contributed by atoms with van der Waals surface area (Å²) in [6.45, 7) is 6.51. The third kappa shape index (κ3) is 5.83. The molecule has 2 aromatic heterocycles. The first-order valence-electron chi connectivity index (χ1n) is 14.1. The van der Waals surface area contributed by atoms with Crippen molar-refractivity contribution >= 4 is 23.2 Å². The fraction of sp³-hybridized carbons (Fsp3) is 0.433. The Kier molecular flexibility index (Phi) is 7.70. The fourth-order valence-electron chi connectivity index (χ4n) is 6.24. The van der Waals surface area contributed by atoms with Gasteiger partial charge in [-0.2, -0.15) is 0 Å². The molecule has 0 aliphatic carbocycles. The lowest BCUT2D eigenvalue weighted by atomic mass is 9.83. The summed E-state index contributed by atoms with van der Waals surface area (Å²) < 4.78 is 12.7. The number of rotatable bonds is 8. The van der Waals surface area contributed by atoms with E-state index in [9.17, 15) is 14.4 Å². The molecule has 2 amide bonds. The molecule has 40 heavy (non-hydrogen) atoms. The van der Waals surface area contributed by atoms with Crippen molar-refractivity contribution in [3.8, 4) is 0 Å². The van der Waals surface area contributed by atoms with Crippen molar-refractivity contribution in [2.45, 2.75) is 31.8 Å². The van der Waals surface area contributed by atoms with Crippen molar-refractivity contribution in [2.24, 2.45) is 5.92 Å². The van der Waals surface area contributed by atoms with Crippen LogP contribution in [0.3, 0.4) is 0 Å². The standard InChI is InChI=1S/C30H35N5O5/c36-28(8-9-33-10-13-39-14-11-33)32-25-16-22(30(38)31-17-24-3-2-12-40-24)6-7-27(25)34-18-21-15-23(20-34)26-4-1-5-29(37)35(26)19-21/h1-7,12,16,21,23H,8-11,13-15,17-20H2,(H,31,38)(H,32,36)/p+1. The SMILES string of the molecule is O=C(CC[NH+]1CCOCC1)Nc1cc(C(=O)NCc2ccco2)ccc1N1CC2CC(C1)c1cccc(=O)n1C2. The minimum atomic E-state index is -0.236. The maximum Gasteiger partial charge on any atom is 0.251 e. The average Bonchev–Trinajstić information content (AvgIpc) is 3.50. The van der Waals surface area contributed by atoms with Gasteiger partial charge in [-0.1, -0.05) is 6.07 Å². The second-order valence-electron chi connectivity index (χ2n) is 11.0. The molecule has 10 nitrogen and oxygen atoms in total. The quantitative estimate of drug-likeness (QED) is 0.392. The van der Waals surface area contributed by atoms with Crippen LogP contribution in [-0.2, 0) is 22.6 Å². The smallest absolute Gasteiger partial charge is 0.251 e. The number of quaternary nitrogens is 1. The molecule has 3 aromatic rings. The van der Waals surface area contributed by atoms with E-state index in [1.54, 1.807) is 24.5 Å². The summed E-state index contributed by atoms with van der Waals surface area (Å²) in [6, 6.07) is 14.6. The number of hydrogen-bond acceptors (Lipinski definition) is 6. The van der Waals surface area contributed by atoms with E-state index in [2.05, 4.69) is 21.6 Å². The van der Waals surface area contributed by atoms with Crippen LogP contribution >= 0.6 is 0 Å². The van der Waals surface area contributed by atoms with Crippen LogP contribution in [0.25, 0.3) is 0 Å². The van der Waals surface area contributed by atoms with E-state index in [1.165, 1.54) is 4.90 Å². The van der Waals surface area contributed by atoms with Gasteiger partial charge in [-0.15, -0.1) is 0 Å². The molecular formula is C30H36N5O5+. The van der Waals surface area contributed by atoms with Gasteiger partial charge in [0.25, 0.3) is 11.5 Å². The zero-order chi connectivity index (χ0) is 27.5. The van der Waals surface area contributed by atoms with Gasteiger partial charge in [-0.05, 0) is 48.7 Å². The van der Waals surface area contributed by atoms with Gasteiger partial charge in [0.1, 0.15) is 18.8 Å². The monoisotopic (exact) mass is 546 g/mol. The first-order chi connectivity index (χ1) is 19.5. The molecule has 2 unspecified atom stereocenters. The summed E-state index contributed by atoms with van der Waals surface area (Å²) in [5.41, 5.74) is 3.13. The summed E-state index contributed by atoms with van der Waals surface area (Å²) in [7, 11) is 0. The van der Waals surface area contributed by atoms with Gasteiger partial charge in [-0.3, -0.25) is 14.4 Å². The highest BCUT2D eigenvalue weighted by Gasteiger charge is 2.35. The van der Waals surface area contributed by atoms with Crippen LogP contribution in [0.1, 0.15) is 40.6 Å². The number of fused-ring (bicyclic) bond motifs is 4. The number of nitrogens with one attached hydrogen (secondary N) is 3. The lowest BCUT2D eigenvalue weighted by molar-refractivity contribution is -0.907. The highest BCUT2D eigenvalue weighted by atomic mass is 16.5. The molecule has 3 N–H and O–H groups in total. The molecule has 2 atom stereocenters. The van der Waals surface area contributed by atoms with Crippen LogP contribution in [0.2, 0.25) is 0 Å². The van der Waals surface area contributed by atoms with Crippen LogP contribution < -0.4 is 26.0 Å². The third-order valence-corrected chi connectivity index (χ3v) is 8.26. The molecule has 2 bridgehead atoms. The zero-order valence-electron chi connectivity index (χ0n) is 22.6. The second kappa shape index (κ2) is 11.7. The predicted octanol–water partition coefficient (Wildman–Crippen LogP) is 1.24. The Bertz CT molecular complexity index is 1410. The largest absolute Gasteiger partial charge is 0.467 e. The van der Waals surface area contributed by atoms with Crippen molar-refractivity contribution in [1.82, 2.24) is 9.88 Å². The average molecular weight is 547 g/mol. The van der Waals surface area contributed by atoms with Crippen LogP contribution in [0.5, 0.6) is 0 Å². The summed E-state index contributed by atoms with van der Waals surface area (Å²) in [5, 5.41) is 6.02. The van der Waals surface area contributed by atoms with E-state index in [4.69, 9.17) is 9.15 Å². The van der Waals surface area contributed by atoms with Gasteiger partial charge in [0.15, 0.2) is 0 Å². The number of ether oxygens (including phenoxy) is 1. The van der Waals surface area contributed by atoms with Gasteiger partial charge >= 0.3 is 0 Å². The van der Waals surface area contributed by atoms with Gasteiger partial charge in [0, 0.05) is 42.9 Å². The van der Waals surface area contributed by atoms with Gasteiger partial charge < -0.3 is 34.2 Å². The molecule has 5 heterocycles. The van der Waals surface area contributed by atoms with Crippen LogP contribution in [0.15, 0.2) is 64.0 Å². The number of morpholine rings is 1. The highest BCUT2D eigenvalue weighted by molar-refractivity contribution is 6.00. The molecule has 3 aliphatic rings. The summed E-state index contributed by atoms with van der Waals surface area (Å²) in [5.74, 6) is 0.924. The Morgan fingerprint density at radius 3 is 2.73 bits per heavy atom. The highest BCUT2D eigenvalue weighted by Crippen LogP contribution is 2.39. The maximum absolute atomic E-state index is 13.1. The lowest BCUT2D eigenvalue weighted by Gasteiger charge is -2.44. The van der Waals surface area contributed by atoms with Gasteiger partial charge in [0.05, 0.1) is 50.4 Å². The first-order valence-corrected chi connectivity index (χ1v) is 14.1. The number of carbonyl (C=O) groups is 2. The zero-order valence-corrected chi connectivity index (χ0v) is 22.6. The maximum atomic E-state index is 13.1. The summed E-state index contributed by atoms with van der Waals surface area (Å²) >= 11 is 0. The number of piperidine rings is 1. The number of pyridine rings is 1. The fourth-order valence-corrected chi connectivity index (χ4v) is 6.24. The van der Waals surface area contributed by atoms with Gasteiger partial charge in [0.2, 0.25) is 5.91 Å². The molecule has 1 aromatic carbocycles. The Hall–Kier alpha value is -3.89. The first kappa shape index (κ1) is 26.3. The Balaban J connectivity index is 1.22. The summed E-state index contributed by atoms with van der Waals surface area (Å²) in [6.07, 6.45) is 3.01. The molecule has 210 valence electrons. The molecule has 6 rings (SSSR count). The number of hydrogen-bond donors (Lipinski definition) is 3. The number of amides is 2. The van der Waals surface area contributed by atoms with Crippen molar-refractivity contribution in [1.29, 1.82) is 0 Å². The molecule has 2 fully saturated rings. The Morgan fingerprint density at radius 1 is 1.02 bits per heavy atom. The van der Waals surface area contributed by atoms with E-state index in [-0.39, 0.29) is 29.8 Å². The Labute approximate surface area is 232 Å². The van der Waals surface area contributed by atoms with Crippen LogP contribution in [-0.4, -0.2) is 62.3 Å². The molecular weight excluding hydrogens is 510 g/mol. The molecule has 0 spiro atoms. The number of aromatic nitrogens is 1. The van der Waals surface area contributed by atoms with Gasteiger partial charge in [-0.25, -0.2) is 0 Å². The van der Waals surface area contributed by atoms with Crippen molar-refractivity contribution in [3.63, 3.8) is 0 Å². The third-order valence-electron chi connectivity index (χ3n) is 8.26. The molecule has 10 heteroatoms. The number of anilines is 2. The van der Waals surface area contributed by atoms with Crippen LogP contribution in [0, 0.1) is 5.92 Å². The van der Waals surface area contributed by atoms with Crippen molar-refractivity contribution in [3.05, 3.63) is 82.2 Å². The molecule has 3 aliphatic heterocycles. The molecule has 2 saturated heterocycles. The summed E-state index contributed by atoms with van der Waals surface area (Å²) in [4.78, 5) is 42.3. The van der Waals surface area contributed by atoms with Crippen molar-refractivity contribution < 1.29 is 23.6 Å². The number of furan rings is 1. The second-order valence-corrected chi connectivity index (χ2v) is 11.0. The molecule has 0 radical (unpaired) electrons. The lowest BCUT2D eigenvalue weighted by Crippen LogP contribution is -3.14. The topological polar surface area (TPSA) is 110 Å². The van der Waals surface area contributed by atoms with Crippen molar-refractivity contribution in [2.75, 3.05) is 56.2 Å². The van der Waals surface area contributed by atoms with E-state index < -0.39 is 0 Å². The number of benzene rings is 1. The van der Waals surface area contributed by atoms with E-state index in [0.717, 1.165) is 63.7 Å². The minimum Gasteiger partial charge on any atom is -0.467 e. The molecule has 0 saturated carbocycles. The minimum absolute atomic E-state index is 0.0564. The predicted molar refractivity (Wildman–Crippen MR) is 150 cm³/mol. The van der Waals surface area contributed by atoms with E-state index in [0.29, 0.717) is 35.9 Å². The number of carbonyl (C=O) groups excluding carboxylic acids is 2.